The first kappa shape index (κ1) is 13.7. The molecule has 1 aromatic heterocycles. The minimum absolute atomic E-state index is 0.220. The topological polar surface area (TPSA) is 60.2 Å². The molecule has 19 heavy (non-hydrogen) atoms. The van der Waals surface area contributed by atoms with E-state index in [0.29, 0.717) is 12.3 Å². The van der Waals surface area contributed by atoms with Crippen LogP contribution in [0.1, 0.15) is 31.3 Å². The van der Waals surface area contributed by atoms with Crippen LogP contribution in [0.2, 0.25) is 0 Å². The quantitative estimate of drug-likeness (QED) is 0.791. The second-order valence-corrected chi connectivity index (χ2v) is 5.09. The summed E-state index contributed by atoms with van der Waals surface area (Å²) in [6, 6.07) is 5.99. The van der Waals surface area contributed by atoms with E-state index in [-0.39, 0.29) is 6.04 Å². The summed E-state index contributed by atoms with van der Waals surface area (Å²) in [5, 5.41) is 6.56. The summed E-state index contributed by atoms with van der Waals surface area (Å²) < 4.78 is 5.51. The highest BCUT2D eigenvalue weighted by Gasteiger charge is 2.12. The number of hydrogen-bond donors (Lipinski definition) is 2. The maximum absolute atomic E-state index is 5.87. The zero-order valence-corrected chi connectivity index (χ0v) is 12.0. The third-order valence-electron chi connectivity index (χ3n) is 2.81. The Bertz CT molecular complexity index is 513. The van der Waals surface area contributed by atoms with Crippen LogP contribution in [0.4, 0.5) is 11.4 Å². The lowest BCUT2D eigenvalue weighted by Gasteiger charge is -2.17. The fourth-order valence-electron chi connectivity index (χ4n) is 1.85. The lowest BCUT2D eigenvalue weighted by molar-refractivity contribution is 0.342. The molecule has 0 saturated carbocycles. The number of nitrogens with one attached hydrogen (secondary N) is 1. The van der Waals surface area contributed by atoms with E-state index in [0.717, 1.165) is 22.9 Å². The first-order valence-electron chi connectivity index (χ1n) is 6.42. The van der Waals surface area contributed by atoms with E-state index in [9.17, 15) is 0 Å². The summed E-state index contributed by atoms with van der Waals surface area (Å²) in [6.45, 7) is 4.70. The number of benzene rings is 1. The number of nitrogen functional groups attached to an aromatic ring is 1. The SMILES string of the molecule is CCOc1cc(NC(CC)c2nccs2)ccc1N. The van der Waals surface area contributed by atoms with Gasteiger partial charge in [-0.25, -0.2) is 4.98 Å². The van der Waals surface area contributed by atoms with E-state index in [2.05, 4.69) is 17.2 Å². The summed E-state index contributed by atoms with van der Waals surface area (Å²) >= 11 is 1.66. The van der Waals surface area contributed by atoms with E-state index in [1.807, 2.05) is 36.7 Å². The standard InChI is InChI=1S/C14H19N3OS/c1-3-12(14-16-7-8-19-14)17-10-5-6-11(15)13(9-10)18-4-2/h5-9,12,17H,3-4,15H2,1-2H3. The molecule has 3 N–H and O–H groups in total. The van der Waals surface area contributed by atoms with Crippen LogP contribution < -0.4 is 15.8 Å². The molecule has 0 bridgehead atoms. The van der Waals surface area contributed by atoms with Crippen molar-refractivity contribution in [2.75, 3.05) is 17.7 Å². The highest BCUT2D eigenvalue weighted by Crippen LogP contribution is 2.29. The van der Waals surface area contributed by atoms with Crippen LogP contribution in [0.15, 0.2) is 29.8 Å². The Hall–Kier alpha value is -1.75. The van der Waals surface area contributed by atoms with Crippen molar-refractivity contribution >= 4 is 22.7 Å². The summed E-state index contributed by atoms with van der Waals surface area (Å²) in [6.07, 6.45) is 2.81. The van der Waals surface area contributed by atoms with E-state index in [1.54, 1.807) is 11.3 Å². The number of anilines is 2. The highest BCUT2D eigenvalue weighted by atomic mass is 32.1. The van der Waals surface area contributed by atoms with Gasteiger partial charge in [0, 0.05) is 23.3 Å². The Morgan fingerprint density at radius 3 is 2.89 bits per heavy atom. The summed E-state index contributed by atoms with van der Waals surface area (Å²) in [5.41, 5.74) is 7.53. The van der Waals surface area contributed by atoms with Crippen LogP contribution in [-0.4, -0.2) is 11.6 Å². The molecule has 5 heteroatoms. The number of nitrogens with zero attached hydrogens (tertiary/aromatic N) is 1. The smallest absolute Gasteiger partial charge is 0.144 e. The van der Waals surface area contributed by atoms with Crippen molar-refractivity contribution in [1.29, 1.82) is 0 Å². The molecule has 0 saturated heterocycles. The second-order valence-electron chi connectivity index (χ2n) is 4.16. The Balaban J connectivity index is 2.15. The predicted octanol–water partition coefficient (Wildman–Crippen LogP) is 3.69. The molecule has 0 spiro atoms. The van der Waals surface area contributed by atoms with Gasteiger partial charge in [-0.05, 0) is 25.5 Å². The summed E-state index contributed by atoms with van der Waals surface area (Å²) in [4.78, 5) is 4.36. The Labute approximate surface area is 117 Å². The van der Waals surface area contributed by atoms with Crippen molar-refractivity contribution in [3.63, 3.8) is 0 Å². The molecule has 0 aliphatic rings. The first-order chi connectivity index (χ1) is 9.24. The molecule has 1 unspecified atom stereocenters. The lowest BCUT2D eigenvalue weighted by Crippen LogP contribution is -2.09. The van der Waals surface area contributed by atoms with Crippen molar-refractivity contribution in [3.8, 4) is 5.75 Å². The van der Waals surface area contributed by atoms with Crippen molar-refractivity contribution < 1.29 is 4.74 Å². The van der Waals surface area contributed by atoms with Gasteiger partial charge < -0.3 is 15.8 Å². The molecule has 0 fully saturated rings. The van der Waals surface area contributed by atoms with E-state index in [1.165, 1.54) is 0 Å². The van der Waals surface area contributed by atoms with Crippen LogP contribution in [0.3, 0.4) is 0 Å². The number of ether oxygens (including phenoxy) is 1. The average Bonchev–Trinajstić information content (AvgIpc) is 2.93. The number of aromatic nitrogens is 1. The third-order valence-corrected chi connectivity index (χ3v) is 3.70. The molecule has 102 valence electrons. The molecule has 0 aliphatic carbocycles. The van der Waals surface area contributed by atoms with Crippen molar-refractivity contribution in [1.82, 2.24) is 4.98 Å². The Morgan fingerprint density at radius 2 is 2.26 bits per heavy atom. The number of hydrogen-bond acceptors (Lipinski definition) is 5. The van der Waals surface area contributed by atoms with Gasteiger partial charge in [0.25, 0.3) is 0 Å². The van der Waals surface area contributed by atoms with Crippen molar-refractivity contribution in [2.24, 2.45) is 0 Å². The van der Waals surface area contributed by atoms with Gasteiger partial charge in [-0.2, -0.15) is 0 Å². The van der Waals surface area contributed by atoms with Gasteiger partial charge in [0.05, 0.1) is 18.3 Å². The van der Waals surface area contributed by atoms with Crippen molar-refractivity contribution in [2.45, 2.75) is 26.3 Å². The molecule has 2 aromatic rings. The fourth-order valence-corrected chi connectivity index (χ4v) is 2.62. The fraction of sp³-hybridized carbons (Fsp3) is 0.357. The first-order valence-corrected chi connectivity index (χ1v) is 7.30. The minimum Gasteiger partial charge on any atom is -0.492 e. The Kier molecular flexibility index (Phi) is 4.63. The monoisotopic (exact) mass is 277 g/mol. The lowest BCUT2D eigenvalue weighted by atomic mass is 10.2. The highest BCUT2D eigenvalue weighted by molar-refractivity contribution is 7.09. The van der Waals surface area contributed by atoms with Gasteiger partial charge in [0.2, 0.25) is 0 Å². The predicted molar refractivity (Wildman–Crippen MR) is 80.8 cm³/mol. The third kappa shape index (κ3) is 3.38. The number of rotatable bonds is 6. The summed E-state index contributed by atoms with van der Waals surface area (Å²) in [7, 11) is 0. The van der Waals surface area contributed by atoms with Gasteiger partial charge in [0.15, 0.2) is 0 Å². The summed E-state index contributed by atoms with van der Waals surface area (Å²) in [5.74, 6) is 0.724. The average molecular weight is 277 g/mol. The molecule has 2 rings (SSSR count). The maximum Gasteiger partial charge on any atom is 0.144 e. The van der Waals surface area contributed by atoms with Crippen LogP contribution in [0.25, 0.3) is 0 Å². The molecular weight excluding hydrogens is 258 g/mol. The molecule has 1 aromatic carbocycles. The zero-order valence-electron chi connectivity index (χ0n) is 11.2. The van der Waals surface area contributed by atoms with Gasteiger partial charge in [0.1, 0.15) is 10.8 Å². The maximum atomic E-state index is 5.87. The zero-order chi connectivity index (χ0) is 13.7. The van der Waals surface area contributed by atoms with E-state index >= 15 is 0 Å². The number of thiazole rings is 1. The van der Waals surface area contributed by atoms with Gasteiger partial charge in [-0.15, -0.1) is 11.3 Å². The van der Waals surface area contributed by atoms with Crippen LogP contribution in [-0.2, 0) is 0 Å². The molecular formula is C14H19N3OS. The normalized spacial score (nSPS) is 12.1. The molecule has 4 nitrogen and oxygen atoms in total. The van der Waals surface area contributed by atoms with E-state index < -0.39 is 0 Å². The van der Waals surface area contributed by atoms with Gasteiger partial charge >= 0.3 is 0 Å². The molecule has 1 heterocycles. The van der Waals surface area contributed by atoms with Crippen molar-refractivity contribution in [3.05, 3.63) is 34.8 Å². The Morgan fingerprint density at radius 1 is 1.42 bits per heavy atom. The largest absolute Gasteiger partial charge is 0.492 e. The van der Waals surface area contributed by atoms with Gasteiger partial charge in [-0.3, -0.25) is 0 Å². The van der Waals surface area contributed by atoms with Crippen LogP contribution in [0.5, 0.6) is 5.75 Å². The van der Waals surface area contributed by atoms with Crippen LogP contribution >= 0.6 is 11.3 Å². The minimum atomic E-state index is 0.220. The molecule has 0 radical (unpaired) electrons. The molecule has 0 amide bonds. The second kappa shape index (κ2) is 6.43. The molecule has 1 atom stereocenters. The number of nitrogens with two attached hydrogens (primary N) is 1. The van der Waals surface area contributed by atoms with Gasteiger partial charge in [-0.1, -0.05) is 6.92 Å². The van der Waals surface area contributed by atoms with E-state index in [4.69, 9.17) is 10.5 Å². The molecule has 0 aliphatic heterocycles. The van der Waals surface area contributed by atoms with Crippen LogP contribution in [0, 0.1) is 0 Å².